The molecule has 0 aliphatic carbocycles. The van der Waals surface area contributed by atoms with Crippen LogP contribution in [0.5, 0.6) is 0 Å². The summed E-state index contributed by atoms with van der Waals surface area (Å²) in [6, 6.07) is 0.595. The van der Waals surface area contributed by atoms with E-state index in [0.29, 0.717) is 6.04 Å². The molecule has 0 fully saturated rings. The molecule has 1 heterocycles. The van der Waals surface area contributed by atoms with Gasteiger partial charge in [-0.05, 0) is 24.6 Å². The van der Waals surface area contributed by atoms with Crippen LogP contribution in [-0.2, 0) is 0 Å². The van der Waals surface area contributed by atoms with Crippen molar-refractivity contribution in [2.45, 2.75) is 32.7 Å². The van der Waals surface area contributed by atoms with Gasteiger partial charge in [0.2, 0.25) is 0 Å². The molecule has 0 saturated carbocycles. The fourth-order valence-corrected chi connectivity index (χ4v) is 1.18. The molecule has 0 amide bonds. The summed E-state index contributed by atoms with van der Waals surface area (Å²) >= 11 is 0. The van der Waals surface area contributed by atoms with Gasteiger partial charge in [-0.3, -0.25) is 0 Å². The molecule has 2 N–H and O–H groups in total. The summed E-state index contributed by atoms with van der Waals surface area (Å²) in [7, 11) is 0. The van der Waals surface area contributed by atoms with Crippen LogP contribution in [0.1, 0.15) is 26.7 Å². The molecule has 11 heavy (non-hydrogen) atoms. The maximum atomic E-state index is 3.41. The van der Waals surface area contributed by atoms with Crippen molar-refractivity contribution in [1.29, 1.82) is 0 Å². The number of rotatable bonds is 3. The Kier molecular flexibility index (Phi) is 3.43. The van der Waals surface area contributed by atoms with Crippen molar-refractivity contribution in [2.24, 2.45) is 0 Å². The first kappa shape index (κ1) is 8.60. The molecule has 0 radical (unpaired) electrons. The van der Waals surface area contributed by atoms with Crippen LogP contribution in [0, 0.1) is 0 Å². The van der Waals surface area contributed by atoms with Crippen LogP contribution >= 0.6 is 0 Å². The van der Waals surface area contributed by atoms with Crippen LogP contribution in [0.25, 0.3) is 0 Å². The fourth-order valence-electron chi connectivity index (χ4n) is 1.18. The smallest absolute Gasteiger partial charge is 0.0184 e. The topological polar surface area (TPSA) is 24.1 Å². The highest BCUT2D eigenvalue weighted by Crippen LogP contribution is 2.06. The lowest BCUT2D eigenvalue weighted by molar-refractivity contribution is 0.590. The van der Waals surface area contributed by atoms with Crippen molar-refractivity contribution in [3.05, 3.63) is 11.8 Å². The van der Waals surface area contributed by atoms with E-state index >= 15 is 0 Å². The maximum absolute atomic E-state index is 3.41. The van der Waals surface area contributed by atoms with Gasteiger partial charge in [-0.15, -0.1) is 0 Å². The predicted molar refractivity (Wildman–Crippen MR) is 48.5 cm³/mol. The van der Waals surface area contributed by atoms with Crippen molar-refractivity contribution in [3.8, 4) is 0 Å². The zero-order chi connectivity index (χ0) is 8.10. The minimum Gasteiger partial charge on any atom is -0.391 e. The highest BCUT2D eigenvalue weighted by atomic mass is 14.9. The molecule has 0 spiro atoms. The summed E-state index contributed by atoms with van der Waals surface area (Å²) in [5, 5.41) is 6.66. The summed E-state index contributed by atoms with van der Waals surface area (Å²) in [6.07, 6.45) is 4.69. The zero-order valence-electron chi connectivity index (χ0n) is 7.48. The van der Waals surface area contributed by atoms with Crippen molar-refractivity contribution in [1.82, 2.24) is 10.6 Å². The van der Waals surface area contributed by atoms with E-state index in [2.05, 4.69) is 30.7 Å². The lowest BCUT2D eigenvalue weighted by Gasteiger charge is -2.16. The summed E-state index contributed by atoms with van der Waals surface area (Å²) < 4.78 is 0. The summed E-state index contributed by atoms with van der Waals surface area (Å²) in [5.41, 5.74) is 1.50. The Morgan fingerprint density at radius 1 is 1.64 bits per heavy atom. The average molecular weight is 154 g/mol. The second-order valence-corrected chi connectivity index (χ2v) is 3.40. The Morgan fingerprint density at radius 3 is 3.00 bits per heavy atom. The van der Waals surface area contributed by atoms with Gasteiger partial charge in [-0.2, -0.15) is 0 Å². The van der Waals surface area contributed by atoms with E-state index in [1.165, 1.54) is 18.4 Å². The minimum atomic E-state index is 0.595. The monoisotopic (exact) mass is 154 g/mol. The summed E-state index contributed by atoms with van der Waals surface area (Å²) in [4.78, 5) is 0. The van der Waals surface area contributed by atoms with E-state index in [1.54, 1.807) is 0 Å². The van der Waals surface area contributed by atoms with Crippen LogP contribution in [-0.4, -0.2) is 19.1 Å². The maximum Gasteiger partial charge on any atom is 0.0184 e. The molecule has 1 aliphatic heterocycles. The molecule has 0 bridgehead atoms. The van der Waals surface area contributed by atoms with E-state index < -0.39 is 0 Å². The lowest BCUT2D eigenvalue weighted by atomic mass is 10.1. The largest absolute Gasteiger partial charge is 0.391 e. The summed E-state index contributed by atoms with van der Waals surface area (Å²) in [6.45, 7) is 6.55. The number of hydrogen-bond donors (Lipinski definition) is 2. The Labute approximate surface area is 69.1 Å². The van der Waals surface area contributed by atoms with Crippen molar-refractivity contribution >= 4 is 0 Å². The third-order valence-corrected chi connectivity index (χ3v) is 1.86. The molecule has 0 saturated heterocycles. The minimum absolute atomic E-state index is 0.595. The van der Waals surface area contributed by atoms with Gasteiger partial charge in [-0.25, -0.2) is 0 Å². The Balaban J connectivity index is 2.19. The van der Waals surface area contributed by atoms with Gasteiger partial charge in [0.1, 0.15) is 0 Å². The standard InChI is InChI=1S/C9H18N2/c1-8(2)11-7-9-4-3-5-10-6-9/h6,8,10-11H,3-5,7H2,1-2H3. The van der Waals surface area contributed by atoms with E-state index in [4.69, 9.17) is 0 Å². The molecule has 0 aromatic heterocycles. The highest BCUT2D eigenvalue weighted by molar-refractivity contribution is 5.05. The van der Waals surface area contributed by atoms with Crippen molar-refractivity contribution in [2.75, 3.05) is 13.1 Å². The van der Waals surface area contributed by atoms with Crippen LogP contribution in [0.2, 0.25) is 0 Å². The molecular weight excluding hydrogens is 136 g/mol. The molecule has 1 aliphatic rings. The first-order valence-electron chi connectivity index (χ1n) is 4.43. The molecule has 0 unspecified atom stereocenters. The molecule has 0 aromatic carbocycles. The number of hydrogen-bond acceptors (Lipinski definition) is 2. The van der Waals surface area contributed by atoms with E-state index in [1.807, 2.05) is 0 Å². The van der Waals surface area contributed by atoms with Gasteiger partial charge >= 0.3 is 0 Å². The van der Waals surface area contributed by atoms with E-state index in [9.17, 15) is 0 Å². The Hall–Kier alpha value is -0.500. The quantitative estimate of drug-likeness (QED) is 0.639. The van der Waals surface area contributed by atoms with Gasteiger partial charge in [0.25, 0.3) is 0 Å². The SMILES string of the molecule is CC(C)NCC1=CNCCC1. The molecule has 2 nitrogen and oxygen atoms in total. The second kappa shape index (κ2) is 4.39. The average Bonchev–Trinajstić information content (AvgIpc) is 2.03. The van der Waals surface area contributed by atoms with Gasteiger partial charge in [0, 0.05) is 19.1 Å². The molecule has 1 rings (SSSR count). The van der Waals surface area contributed by atoms with Crippen LogP contribution in [0.4, 0.5) is 0 Å². The third-order valence-electron chi connectivity index (χ3n) is 1.86. The summed E-state index contributed by atoms with van der Waals surface area (Å²) in [5.74, 6) is 0. The highest BCUT2D eigenvalue weighted by Gasteiger charge is 2.02. The molecule has 2 heteroatoms. The fraction of sp³-hybridized carbons (Fsp3) is 0.778. The van der Waals surface area contributed by atoms with Gasteiger partial charge in [0.15, 0.2) is 0 Å². The van der Waals surface area contributed by atoms with Crippen LogP contribution in [0.15, 0.2) is 11.8 Å². The molecule has 0 aromatic rings. The van der Waals surface area contributed by atoms with Crippen molar-refractivity contribution < 1.29 is 0 Å². The van der Waals surface area contributed by atoms with Gasteiger partial charge < -0.3 is 10.6 Å². The first-order chi connectivity index (χ1) is 5.29. The Morgan fingerprint density at radius 2 is 2.45 bits per heavy atom. The van der Waals surface area contributed by atoms with Crippen LogP contribution in [0.3, 0.4) is 0 Å². The second-order valence-electron chi connectivity index (χ2n) is 3.40. The first-order valence-corrected chi connectivity index (χ1v) is 4.43. The Bertz CT molecular complexity index is 138. The zero-order valence-corrected chi connectivity index (χ0v) is 7.48. The molecule has 64 valence electrons. The van der Waals surface area contributed by atoms with E-state index in [0.717, 1.165) is 13.1 Å². The van der Waals surface area contributed by atoms with Gasteiger partial charge in [0.05, 0.1) is 0 Å². The molecule has 0 atom stereocenters. The van der Waals surface area contributed by atoms with E-state index in [-0.39, 0.29) is 0 Å². The normalized spacial score (nSPS) is 17.9. The van der Waals surface area contributed by atoms with Crippen LogP contribution < -0.4 is 10.6 Å². The van der Waals surface area contributed by atoms with Gasteiger partial charge in [-0.1, -0.05) is 13.8 Å². The molecular formula is C9H18N2. The lowest BCUT2D eigenvalue weighted by Crippen LogP contribution is -2.27. The predicted octanol–water partition coefficient (Wildman–Crippen LogP) is 1.25. The number of nitrogens with one attached hydrogen (secondary N) is 2. The third kappa shape index (κ3) is 3.42. The van der Waals surface area contributed by atoms with Crippen molar-refractivity contribution in [3.63, 3.8) is 0 Å².